The van der Waals surface area contributed by atoms with Gasteiger partial charge in [-0.15, -0.1) is 0 Å². The molecule has 0 radical (unpaired) electrons. The SMILES string of the molecule is CC(CCC(=O)O)CNC(=O)Nc1cc(F)ccc1Cl. The van der Waals surface area contributed by atoms with Crippen LogP contribution in [0.5, 0.6) is 0 Å². The van der Waals surface area contributed by atoms with Gasteiger partial charge in [0, 0.05) is 13.0 Å². The van der Waals surface area contributed by atoms with Crippen LogP contribution in [0.1, 0.15) is 19.8 Å². The Kier molecular flexibility index (Phi) is 6.24. The van der Waals surface area contributed by atoms with E-state index in [4.69, 9.17) is 16.7 Å². The van der Waals surface area contributed by atoms with Crippen LogP contribution < -0.4 is 10.6 Å². The van der Waals surface area contributed by atoms with Gasteiger partial charge in [-0.1, -0.05) is 18.5 Å². The molecule has 0 saturated heterocycles. The van der Waals surface area contributed by atoms with Crippen LogP contribution in [0.15, 0.2) is 18.2 Å². The number of hydrogen-bond donors (Lipinski definition) is 3. The van der Waals surface area contributed by atoms with Crippen LogP contribution >= 0.6 is 11.6 Å². The van der Waals surface area contributed by atoms with Crippen LogP contribution in [0.2, 0.25) is 5.02 Å². The lowest BCUT2D eigenvalue weighted by Crippen LogP contribution is -2.32. The zero-order valence-corrected chi connectivity index (χ0v) is 11.7. The highest BCUT2D eigenvalue weighted by molar-refractivity contribution is 6.33. The Morgan fingerprint density at radius 3 is 2.80 bits per heavy atom. The molecule has 7 heteroatoms. The monoisotopic (exact) mass is 302 g/mol. The molecule has 1 aromatic carbocycles. The van der Waals surface area contributed by atoms with Gasteiger partial charge in [-0.2, -0.15) is 0 Å². The van der Waals surface area contributed by atoms with Crippen LogP contribution in [-0.2, 0) is 4.79 Å². The molecule has 20 heavy (non-hydrogen) atoms. The van der Waals surface area contributed by atoms with Crippen molar-refractivity contribution < 1.29 is 19.1 Å². The van der Waals surface area contributed by atoms with Crippen LogP contribution in [0, 0.1) is 11.7 Å². The van der Waals surface area contributed by atoms with Crippen LogP contribution in [-0.4, -0.2) is 23.7 Å². The highest BCUT2D eigenvalue weighted by Gasteiger charge is 2.09. The second kappa shape index (κ2) is 7.69. The summed E-state index contributed by atoms with van der Waals surface area (Å²) in [5.41, 5.74) is 0.183. The zero-order valence-electron chi connectivity index (χ0n) is 11.0. The molecule has 3 N–H and O–H groups in total. The summed E-state index contributed by atoms with van der Waals surface area (Å²) >= 11 is 5.81. The van der Waals surface area contributed by atoms with Gasteiger partial charge in [-0.05, 0) is 30.5 Å². The van der Waals surface area contributed by atoms with Gasteiger partial charge in [0.05, 0.1) is 10.7 Å². The molecule has 0 aliphatic carbocycles. The summed E-state index contributed by atoms with van der Waals surface area (Å²) in [6.45, 7) is 2.16. The fourth-order valence-electron chi connectivity index (χ4n) is 1.50. The normalized spacial score (nSPS) is 11.8. The Morgan fingerprint density at radius 2 is 2.15 bits per heavy atom. The number of carbonyl (C=O) groups is 2. The van der Waals surface area contributed by atoms with E-state index >= 15 is 0 Å². The number of urea groups is 1. The Hall–Kier alpha value is -1.82. The van der Waals surface area contributed by atoms with Crippen molar-refractivity contribution in [3.05, 3.63) is 29.0 Å². The van der Waals surface area contributed by atoms with Gasteiger partial charge in [0.2, 0.25) is 0 Å². The van der Waals surface area contributed by atoms with Crippen LogP contribution in [0.4, 0.5) is 14.9 Å². The minimum absolute atomic E-state index is 0.0276. The first-order valence-electron chi connectivity index (χ1n) is 6.10. The highest BCUT2D eigenvalue weighted by Crippen LogP contribution is 2.22. The molecule has 110 valence electrons. The zero-order chi connectivity index (χ0) is 15.1. The van der Waals surface area contributed by atoms with Crippen molar-refractivity contribution in [3.8, 4) is 0 Å². The van der Waals surface area contributed by atoms with Crippen molar-refractivity contribution in [2.24, 2.45) is 5.92 Å². The van der Waals surface area contributed by atoms with Gasteiger partial charge in [-0.25, -0.2) is 9.18 Å². The predicted octanol–water partition coefficient (Wildman–Crippen LogP) is 3.10. The number of benzene rings is 1. The molecule has 5 nitrogen and oxygen atoms in total. The van der Waals surface area contributed by atoms with Gasteiger partial charge >= 0.3 is 12.0 Å². The van der Waals surface area contributed by atoms with E-state index in [9.17, 15) is 14.0 Å². The van der Waals surface area contributed by atoms with Crippen molar-refractivity contribution >= 4 is 29.3 Å². The summed E-state index contributed by atoms with van der Waals surface area (Å²) in [4.78, 5) is 22.0. The Labute approximate surface area is 121 Å². The molecule has 0 saturated carbocycles. The van der Waals surface area contributed by atoms with Crippen molar-refractivity contribution in [2.45, 2.75) is 19.8 Å². The highest BCUT2D eigenvalue weighted by atomic mass is 35.5. The number of carbonyl (C=O) groups excluding carboxylic acids is 1. The van der Waals surface area contributed by atoms with E-state index in [0.29, 0.717) is 13.0 Å². The molecule has 1 aromatic rings. The fourth-order valence-corrected chi connectivity index (χ4v) is 1.66. The first-order valence-corrected chi connectivity index (χ1v) is 6.48. The molecule has 0 bridgehead atoms. The summed E-state index contributed by atoms with van der Waals surface area (Å²) in [7, 11) is 0. The third-order valence-electron chi connectivity index (χ3n) is 2.64. The van der Waals surface area contributed by atoms with Crippen molar-refractivity contribution in [1.29, 1.82) is 0 Å². The molecule has 2 amide bonds. The molecule has 1 rings (SSSR count). The maximum Gasteiger partial charge on any atom is 0.319 e. The fraction of sp³-hybridized carbons (Fsp3) is 0.385. The predicted molar refractivity (Wildman–Crippen MR) is 74.5 cm³/mol. The molecule has 1 unspecified atom stereocenters. The maximum atomic E-state index is 13.0. The lowest BCUT2D eigenvalue weighted by atomic mass is 10.1. The number of nitrogens with one attached hydrogen (secondary N) is 2. The average Bonchev–Trinajstić information content (AvgIpc) is 2.38. The number of carboxylic acids is 1. The van der Waals surface area contributed by atoms with Gasteiger partial charge in [0.15, 0.2) is 0 Å². The topological polar surface area (TPSA) is 78.4 Å². The number of hydrogen-bond acceptors (Lipinski definition) is 2. The molecule has 0 fully saturated rings. The number of carboxylic acid groups (broad SMARTS) is 1. The number of amides is 2. The van der Waals surface area contributed by atoms with E-state index in [-0.39, 0.29) is 23.0 Å². The molecular weight excluding hydrogens is 287 g/mol. The van der Waals surface area contributed by atoms with Crippen LogP contribution in [0.3, 0.4) is 0 Å². The van der Waals surface area contributed by atoms with Gasteiger partial charge < -0.3 is 15.7 Å². The molecule has 1 atom stereocenters. The second-order valence-electron chi connectivity index (χ2n) is 4.50. The van der Waals surface area contributed by atoms with E-state index in [0.717, 1.165) is 6.07 Å². The number of anilines is 1. The van der Waals surface area contributed by atoms with Gasteiger partial charge in [-0.3, -0.25) is 4.79 Å². The first-order chi connectivity index (χ1) is 9.38. The van der Waals surface area contributed by atoms with E-state index in [1.165, 1.54) is 12.1 Å². The Bertz CT molecular complexity index is 497. The Balaban J connectivity index is 2.40. The summed E-state index contributed by atoms with van der Waals surface area (Å²) in [5.74, 6) is -1.34. The van der Waals surface area contributed by atoms with Crippen molar-refractivity contribution in [2.75, 3.05) is 11.9 Å². The minimum Gasteiger partial charge on any atom is -0.481 e. The second-order valence-corrected chi connectivity index (χ2v) is 4.90. The quantitative estimate of drug-likeness (QED) is 0.755. The van der Waals surface area contributed by atoms with E-state index in [1.54, 1.807) is 0 Å². The lowest BCUT2D eigenvalue weighted by Gasteiger charge is -2.13. The smallest absolute Gasteiger partial charge is 0.319 e. The molecular formula is C13H16ClFN2O3. The Morgan fingerprint density at radius 1 is 1.45 bits per heavy atom. The summed E-state index contributed by atoms with van der Waals surface area (Å²) < 4.78 is 13.0. The van der Waals surface area contributed by atoms with Crippen molar-refractivity contribution in [3.63, 3.8) is 0 Å². The number of aliphatic carboxylic acids is 1. The molecule has 0 aliphatic heterocycles. The summed E-state index contributed by atoms with van der Waals surface area (Å²) in [5, 5.41) is 13.8. The summed E-state index contributed by atoms with van der Waals surface area (Å²) in [6, 6.07) is 3.15. The third kappa shape index (κ3) is 5.88. The first kappa shape index (κ1) is 16.2. The standard InChI is InChI=1S/C13H16ClFN2O3/c1-8(2-5-12(18)19)7-16-13(20)17-11-6-9(15)3-4-10(11)14/h3-4,6,8H,2,5,7H2,1H3,(H,18,19)(H2,16,17,20). The average molecular weight is 303 g/mol. The largest absolute Gasteiger partial charge is 0.481 e. The third-order valence-corrected chi connectivity index (χ3v) is 2.97. The van der Waals surface area contributed by atoms with E-state index < -0.39 is 17.8 Å². The number of halogens is 2. The molecule has 0 heterocycles. The lowest BCUT2D eigenvalue weighted by molar-refractivity contribution is -0.137. The minimum atomic E-state index is -0.868. The van der Waals surface area contributed by atoms with Gasteiger partial charge in [0.25, 0.3) is 0 Å². The summed E-state index contributed by atoms with van der Waals surface area (Å²) in [6.07, 6.45) is 0.524. The number of rotatable bonds is 6. The maximum absolute atomic E-state index is 13.0. The van der Waals surface area contributed by atoms with E-state index in [1.807, 2.05) is 6.92 Å². The van der Waals surface area contributed by atoms with E-state index in [2.05, 4.69) is 10.6 Å². The molecule has 0 spiro atoms. The van der Waals surface area contributed by atoms with Gasteiger partial charge in [0.1, 0.15) is 5.82 Å². The van der Waals surface area contributed by atoms with Crippen LogP contribution in [0.25, 0.3) is 0 Å². The molecule has 0 aliphatic rings. The molecule has 0 aromatic heterocycles. The van der Waals surface area contributed by atoms with Crippen molar-refractivity contribution in [1.82, 2.24) is 5.32 Å².